The van der Waals surface area contributed by atoms with Gasteiger partial charge in [-0.25, -0.2) is 0 Å². The molecule has 0 saturated carbocycles. The number of para-hydroxylation sites is 2. The van der Waals surface area contributed by atoms with Gasteiger partial charge in [0.25, 0.3) is 0 Å². The number of nitrogens with one attached hydrogen (secondary N) is 1. The molecule has 5 rings (SSSR count). The Morgan fingerprint density at radius 3 is 2.55 bits per heavy atom. The van der Waals surface area contributed by atoms with E-state index >= 15 is 0 Å². The van der Waals surface area contributed by atoms with E-state index in [0.717, 1.165) is 37.5 Å². The maximum Gasteiger partial charge on any atom is 0.176 e. The third kappa shape index (κ3) is 4.16. The smallest absolute Gasteiger partial charge is 0.176 e. The van der Waals surface area contributed by atoms with E-state index < -0.39 is 6.10 Å². The van der Waals surface area contributed by atoms with Gasteiger partial charge in [-0.05, 0) is 18.2 Å². The molecule has 0 spiro atoms. The van der Waals surface area contributed by atoms with Crippen LogP contribution in [0.5, 0.6) is 5.75 Å². The van der Waals surface area contributed by atoms with Gasteiger partial charge < -0.3 is 29.5 Å². The molecule has 3 saturated heterocycles. The number of rotatable bonds is 6. The number of hydrogen-bond acceptors (Lipinski definition) is 7. The molecule has 2 N–H and O–H groups in total. The maximum atomic E-state index is 11.3. The predicted molar refractivity (Wildman–Crippen MR) is 118 cm³/mol. The van der Waals surface area contributed by atoms with Gasteiger partial charge in [-0.3, -0.25) is 4.90 Å². The Morgan fingerprint density at radius 1 is 1.03 bits per heavy atom. The molecule has 0 aromatic heterocycles. The highest BCUT2D eigenvalue weighted by Gasteiger charge is 2.52. The Labute approximate surface area is 183 Å². The van der Waals surface area contributed by atoms with Crippen molar-refractivity contribution in [3.8, 4) is 5.75 Å². The zero-order valence-electron chi connectivity index (χ0n) is 17.9. The van der Waals surface area contributed by atoms with Crippen LogP contribution in [0.2, 0.25) is 0 Å². The largest absolute Gasteiger partial charge is 0.496 e. The van der Waals surface area contributed by atoms with Crippen molar-refractivity contribution < 1.29 is 19.3 Å². The van der Waals surface area contributed by atoms with Gasteiger partial charge in [-0.1, -0.05) is 36.4 Å². The molecule has 31 heavy (non-hydrogen) atoms. The van der Waals surface area contributed by atoms with Crippen molar-refractivity contribution in [3.63, 3.8) is 0 Å². The van der Waals surface area contributed by atoms with Crippen molar-refractivity contribution in [2.75, 3.05) is 44.8 Å². The lowest BCUT2D eigenvalue weighted by atomic mass is 9.94. The van der Waals surface area contributed by atoms with Crippen molar-refractivity contribution in [2.45, 2.75) is 37.1 Å². The lowest BCUT2D eigenvalue weighted by Crippen LogP contribution is -2.66. The monoisotopic (exact) mass is 425 g/mol. The third-order valence-electron chi connectivity index (χ3n) is 6.71. The first-order chi connectivity index (χ1) is 15.2. The van der Waals surface area contributed by atoms with E-state index in [1.54, 1.807) is 7.11 Å². The average Bonchev–Trinajstić information content (AvgIpc) is 3.25. The quantitative estimate of drug-likeness (QED) is 0.726. The molecule has 7 heteroatoms. The molecule has 0 aliphatic carbocycles. The van der Waals surface area contributed by atoms with Gasteiger partial charge in [0.05, 0.1) is 31.9 Å². The van der Waals surface area contributed by atoms with E-state index in [4.69, 9.17) is 14.2 Å². The molecule has 7 nitrogen and oxygen atoms in total. The fourth-order valence-electron chi connectivity index (χ4n) is 5.04. The van der Waals surface area contributed by atoms with E-state index in [-0.39, 0.29) is 24.5 Å². The number of methoxy groups -OCH3 is 1. The first-order valence-corrected chi connectivity index (χ1v) is 11.1. The molecule has 3 fully saturated rings. The van der Waals surface area contributed by atoms with E-state index in [0.29, 0.717) is 13.2 Å². The number of aliphatic hydroxyl groups excluding tert-OH is 1. The van der Waals surface area contributed by atoms with Gasteiger partial charge in [-0.15, -0.1) is 0 Å². The van der Waals surface area contributed by atoms with Gasteiger partial charge in [0.15, 0.2) is 6.29 Å². The molecular formula is C24H31N3O4. The summed E-state index contributed by atoms with van der Waals surface area (Å²) >= 11 is 0. The summed E-state index contributed by atoms with van der Waals surface area (Å²) in [5, 5.41) is 14.9. The van der Waals surface area contributed by atoms with Crippen LogP contribution in [0, 0.1) is 0 Å². The van der Waals surface area contributed by atoms with Crippen molar-refractivity contribution in [3.05, 3.63) is 60.2 Å². The van der Waals surface area contributed by atoms with Crippen LogP contribution in [0.15, 0.2) is 54.6 Å². The van der Waals surface area contributed by atoms with Gasteiger partial charge in [0.1, 0.15) is 11.9 Å². The summed E-state index contributed by atoms with van der Waals surface area (Å²) < 4.78 is 17.6. The highest BCUT2D eigenvalue weighted by atomic mass is 16.7. The Hall–Kier alpha value is -2.16. The standard InChI is InChI=1S/C24H31N3O4/c1-29-19-10-6-5-7-17(19)15-25-21-20-16-30-24(31-20)22(23(21)28)27-13-11-26(12-14-27)18-8-3-2-4-9-18/h2-10,20-25,28H,11-16H2,1H3. The summed E-state index contributed by atoms with van der Waals surface area (Å²) in [6.07, 6.45) is -1.08. The SMILES string of the molecule is COc1ccccc1CNC1C2COC(O2)C(N2CCN(c3ccccc3)CC2)C1O. The first kappa shape index (κ1) is 20.7. The molecule has 5 unspecified atom stereocenters. The van der Waals surface area contributed by atoms with Crippen LogP contribution in [-0.2, 0) is 16.0 Å². The Kier molecular flexibility index (Phi) is 6.11. The van der Waals surface area contributed by atoms with E-state index in [9.17, 15) is 5.11 Å². The highest BCUT2D eigenvalue weighted by molar-refractivity contribution is 5.46. The van der Waals surface area contributed by atoms with Crippen LogP contribution in [-0.4, -0.2) is 80.5 Å². The van der Waals surface area contributed by atoms with Gasteiger partial charge in [0, 0.05) is 44.0 Å². The fourth-order valence-corrected chi connectivity index (χ4v) is 5.04. The molecular weight excluding hydrogens is 394 g/mol. The molecule has 166 valence electrons. The summed E-state index contributed by atoms with van der Waals surface area (Å²) in [5.74, 6) is 0.843. The van der Waals surface area contributed by atoms with Crippen LogP contribution in [0.25, 0.3) is 0 Å². The summed E-state index contributed by atoms with van der Waals surface area (Å²) in [4.78, 5) is 4.72. The second-order valence-electron chi connectivity index (χ2n) is 8.43. The van der Waals surface area contributed by atoms with Crippen LogP contribution >= 0.6 is 0 Å². The molecule has 2 aromatic carbocycles. The van der Waals surface area contributed by atoms with E-state index in [2.05, 4.69) is 39.4 Å². The second kappa shape index (κ2) is 9.14. The number of ether oxygens (including phenoxy) is 3. The summed E-state index contributed by atoms with van der Waals surface area (Å²) in [6, 6.07) is 18.1. The minimum Gasteiger partial charge on any atom is -0.496 e. The summed E-state index contributed by atoms with van der Waals surface area (Å²) in [5.41, 5.74) is 2.31. The predicted octanol–water partition coefficient (Wildman–Crippen LogP) is 1.46. The topological polar surface area (TPSA) is 66.4 Å². The Bertz CT molecular complexity index is 859. The number of benzene rings is 2. The fraction of sp³-hybridized carbons (Fsp3) is 0.500. The normalized spacial score (nSPS) is 31.0. The van der Waals surface area contributed by atoms with Crippen molar-refractivity contribution in [1.29, 1.82) is 0 Å². The van der Waals surface area contributed by atoms with Crippen molar-refractivity contribution >= 4 is 5.69 Å². The molecule has 0 radical (unpaired) electrons. The van der Waals surface area contributed by atoms with Crippen LogP contribution < -0.4 is 15.0 Å². The molecule has 3 aliphatic rings. The van der Waals surface area contributed by atoms with Crippen LogP contribution in [0.3, 0.4) is 0 Å². The first-order valence-electron chi connectivity index (χ1n) is 11.1. The number of aliphatic hydroxyl groups is 1. The lowest BCUT2D eigenvalue weighted by molar-refractivity contribution is -0.183. The molecule has 3 heterocycles. The minimum atomic E-state index is -0.566. The zero-order chi connectivity index (χ0) is 21.2. The van der Waals surface area contributed by atoms with Crippen molar-refractivity contribution in [2.24, 2.45) is 0 Å². The van der Waals surface area contributed by atoms with Crippen LogP contribution in [0.4, 0.5) is 5.69 Å². The minimum absolute atomic E-state index is 0.142. The van der Waals surface area contributed by atoms with Crippen molar-refractivity contribution in [1.82, 2.24) is 10.2 Å². The van der Waals surface area contributed by atoms with Gasteiger partial charge in [-0.2, -0.15) is 0 Å². The molecule has 2 aromatic rings. The summed E-state index contributed by atoms with van der Waals surface area (Å²) in [7, 11) is 1.68. The number of anilines is 1. The zero-order valence-corrected chi connectivity index (χ0v) is 17.9. The van der Waals surface area contributed by atoms with Crippen LogP contribution in [0.1, 0.15) is 5.56 Å². The second-order valence-corrected chi connectivity index (χ2v) is 8.43. The van der Waals surface area contributed by atoms with E-state index in [1.807, 2.05) is 30.3 Å². The molecule has 3 aliphatic heterocycles. The molecule has 0 amide bonds. The molecule has 2 bridgehead atoms. The number of hydrogen-bond donors (Lipinski definition) is 2. The number of piperazine rings is 1. The number of nitrogens with zero attached hydrogens (tertiary/aromatic N) is 2. The molecule has 5 atom stereocenters. The van der Waals surface area contributed by atoms with Gasteiger partial charge in [0.2, 0.25) is 0 Å². The average molecular weight is 426 g/mol. The summed E-state index contributed by atoms with van der Waals surface area (Å²) in [6.45, 7) is 4.68. The number of fused-ring (bicyclic) bond motifs is 2. The highest BCUT2D eigenvalue weighted by Crippen LogP contribution is 2.32. The van der Waals surface area contributed by atoms with E-state index in [1.165, 1.54) is 5.69 Å². The third-order valence-corrected chi connectivity index (χ3v) is 6.71. The Morgan fingerprint density at radius 2 is 1.77 bits per heavy atom. The Balaban J connectivity index is 1.25. The van der Waals surface area contributed by atoms with Gasteiger partial charge >= 0.3 is 0 Å². The maximum absolute atomic E-state index is 11.3. The lowest BCUT2D eigenvalue weighted by Gasteiger charge is -2.47.